The van der Waals surface area contributed by atoms with Gasteiger partial charge in [0.05, 0.1) is 0 Å². The third-order valence-corrected chi connectivity index (χ3v) is 3.61. The highest BCUT2D eigenvalue weighted by molar-refractivity contribution is 6.31. The Kier molecular flexibility index (Phi) is 4.25. The van der Waals surface area contributed by atoms with Crippen LogP contribution in [-0.4, -0.2) is 44.4 Å². The molecule has 0 aliphatic carbocycles. The van der Waals surface area contributed by atoms with Crippen LogP contribution in [0.25, 0.3) is 0 Å². The Morgan fingerprint density at radius 1 is 1.50 bits per heavy atom. The van der Waals surface area contributed by atoms with E-state index in [9.17, 15) is 4.79 Å². The summed E-state index contributed by atoms with van der Waals surface area (Å²) in [5, 5.41) is 0.615. The summed E-state index contributed by atoms with van der Waals surface area (Å²) in [4.78, 5) is 15.7. The molecule has 1 saturated heterocycles. The zero-order chi connectivity index (χ0) is 13.1. The van der Waals surface area contributed by atoms with Crippen molar-refractivity contribution in [3.63, 3.8) is 0 Å². The van der Waals surface area contributed by atoms with Gasteiger partial charge >= 0.3 is 0 Å². The van der Waals surface area contributed by atoms with Crippen molar-refractivity contribution in [2.75, 3.05) is 32.1 Å². The number of rotatable bonds is 4. The number of likely N-dealkylation sites (N-methyl/N-ethyl adjacent to an activating group) is 1. The fourth-order valence-corrected chi connectivity index (χ4v) is 2.83. The highest BCUT2D eigenvalue weighted by Gasteiger charge is 2.26. The summed E-state index contributed by atoms with van der Waals surface area (Å²) in [5.74, 6) is 0. The van der Waals surface area contributed by atoms with Gasteiger partial charge in [-0.05, 0) is 45.1 Å². The summed E-state index contributed by atoms with van der Waals surface area (Å²) in [6, 6.07) is 6.05. The first-order chi connectivity index (χ1) is 8.61. The molecule has 0 aromatic heterocycles. The maximum atomic E-state index is 11.2. The maximum absolute atomic E-state index is 11.2. The SMILES string of the molecule is CN(C)CC1CCCN1c1ccc(Cl)cc1C=O. The van der Waals surface area contributed by atoms with Crippen LogP contribution >= 0.6 is 11.6 Å². The lowest BCUT2D eigenvalue weighted by molar-refractivity contribution is 0.112. The molecule has 0 saturated carbocycles. The zero-order valence-corrected chi connectivity index (χ0v) is 11.7. The van der Waals surface area contributed by atoms with E-state index in [0.717, 1.165) is 25.1 Å². The van der Waals surface area contributed by atoms with E-state index < -0.39 is 0 Å². The van der Waals surface area contributed by atoms with Gasteiger partial charge in [0.2, 0.25) is 0 Å². The van der Waals surface area contributed by atoms with Crippen LogP contribution in [0.1, 0.15) is 23.2 Å². The fraction of sp³-hybridized carbons (Fsp3) is 0.500. The molecule has 1 heterocycles. The Morgan fingerprint density at radius 3 is 2.94 bits per heavy atom. The molecule has 1 unspecified atom stereocenters. The first-order valence-electron chi connectivity index (χ1n) is 6.28. The number of aldehydes is 1. The topological polar surface area (TPSA) is 23.6 Å². The predicted octanol–water partition coefficient (Wildman–Crippen LogP) is 2.68. The molecule has 0 bridgehead atoms. The number of hydrogen-bond acceptors (Lipinski definition) is 3. The monoisotopic (exact) mass is 266 g/mol. The average Bonchev–Trinajstić information content (AvgIpc) is 2.76. The smallest absolute Gasteiger partial charge is 0.152 e. The molecule has 1 aliphatic rings. The van der Waals surface area contributed by atoms with Crippen LogP contribution in [0.5, 0.6) is 0 Å². The van der Waals surface area contributed by atoms with E-state index in [0.29, 0.717) is 16.6 Å². The van der Waals surface area contributed by atoms with Crippen LogP contribution < -0.4 is 4.90 Å². The molecular formula is C14H19ClN2O. The second-order valence-corrected chi connectivity index (χ2v) is 5.51. The van der Waals surface area contributed by atoms with Gasteiger partial charge in [-0.15, -0.1) is 0 Å². The molecule has 3 nitrogen and oxygen atoms in total. The number of anilines is 1. The standard InChI is InChI=1S/C14H19ClN2O/c1-16(2)9-13-4-3-7-17(13)14-6-5-12(15)8-11(14)10-18/h5-6,8,10,13H,3-4,7,9H2,1-2H3. The minimum absolute atomic E-state index is 0.486. The van der Waals surface area contributed by atoms with Crippen molar-refractivity contribution in [3.05, 3.63) is 28.8 Å². The molecule has 18 heavy (non-hydrogen) atoms. The Balaban J connectivity index is 2.27. The van der Waals surface area contributed by atoms with Crippen molar-refractivity contribution >= 4 is 23.6 Å². The van der Waals surface area contributed by atoms with Gasteiger partial charge in [0.15, 0.2) is 6.29 Å². The van der Waals surface area contributed by atoms with E-state index in [1.165, 1.54) is 12.8 Å². The van der Waals surface area contributed by atoms with Crippen LogP contribution in [0.3, 0.4) is 0 Å². The lowest BCUT2D eigenvalue weighted by Gasteiger charge is -2.30. The predicted molar refractivity (Wildman–Crippen MR) is 75.8 cm³/mol. The quantitative estimate of drug-likeness (QED) is 0.783. The number of nitrogens with zero attached hydrogens (tertiary/aromatic N) is 2. The van der Waals surface area contributed by atoms with Crippen molar-refractivity contribution in [2.24, 2.45) is 0 Å². The van der Waals surface area contributed by atoms with E-state index in [-0.39, 0.29) is 0 Å². The summed E-state index contributed by atoms with van der Waals surface area (Å²) >= 11 is 5.94. The molecule has 0 spiro atoms. The summed E-state index contributed by atoms with van der Waals surface area (Å²) in [6.07, 6.45) is 3.25. The van der Waals surface area contributed by atoms with Crippen LogP contribution in [0.4, 0.5) is 5.69 Å². The third-order valence-electron chi connectivity index (χ3n) is 3.38. The van der Waals surface area contributed by atoms with Crippen molar-refractivity contribution in [1.29, 1.82) is 0 Å². The molecule has 0 N–H and O–H groups in total. The van der Waals surface area contributed by atoms with Crippen LogP contribution in [-0.2, 0) is 0 Å². The molecule has 0 radical (unpaired) electrons. The van der Waals surface area contributed by atoms with E-state index in [4.69, 9.17) is 11.6 Å². The highest BCUT2D eigenvalue weighted by atomic mass is 35.5. The summed E-state index contributed by atoms with van der Waals surface area (Å²) < 4.78 is 0. The van der Waals surface area contributed by atoms with Gasteiger partial charge < -0.3 is 9.80 Å². The third kappa shape index (κ3) is 2.85. The van der Waals surface area contributed by atoms with Gasteiger partial charge in [-0.1, -0.05) is 11.6 Å². The largest absolute Gasteiger partial charge is 0.367 e. The normalized spacial score (nSPS) is 19.6. The van der Waals surface area contributed by atoms with Gasteiger partial charge in [-0.3, -0.25) is 4.79 Å². The average molecular weight is 267 g/mol. The molecule has 1 aromatic carbocycles. The van der Waals surface area contributed by atoms with Gasteiger partial charge in [-0.25, -0.2) is 0 Å². The van der Waals surface area contributed by atoms with E-state index >= 15 is 0 Å². The maximum Gasteiger partial charge on any atom is 0.152 e. The molecule has 4 heteroatoms. The molecule has 98 valence electrons. The van der Waals surface area contributed by atoms with Crippen LogP contribution in [0.15, 0.2) is 18.2 Å². The van der Waals surface area contributed by atoms with Gasteiger partial charge in [-0.2, -0.15) is 0 Å². The number of halogens is 1. The highest BCUT2D eigenvalue weighted by Crippen LogP contribution is 2.30. The summed E-state index contributed by atoms with van der Waals surface area (Å²) in [7, 11) is 4.16. The van der Waals surface area contributed by atoms with E-state index in [2.05, 4.69) is 23.9 Å². The molecule has 0 amide bonds. The van der Waals surface area contributed by atoms with Crippen LogP contribution in [0.2, 0.25) is 5.02 Å². The Hall–Kier alpha value is -1.06. The van der Waals surface area contributed by atoms with Crippen molar-refractivity contribution < 1.29 is 4.79 Å². The molecule has 1 atom stereocenters. The Bertz CT molecular complexity index is 434. The Morgan fingerprint density at radius 2 is 2.28 bits per heavy atom. The summed E-state index contributed by atoms with van der Waals surface area (Å²) in [6.45, 7) is 2.03. The molecule has 1 aliphatic heterocycles. The van der Waals surface area contributed by atoms with Crippen molar-refractivity contribution in [3.8, 4) is 0 Å². The van der Waals surface area contributed by atoms with Crippen molar-refractivity contribution in [2.45, 2.75) is 18.9 Å². The van der Waals surface area contributed by atoms with E-state index in [1.807, 2.05) is 12.1 Å². The molecule has 1 aromatic rings. The molecule has 1 fully saturated rings. The number of carbonyl (C=O) groups excluding carboxylic acids is 1. The fourth-order valence-electron chi connectivity index (χ4n) is 2.65. The van der Waals surface area contributed by atoms with E-state index in [1.54, 1.807) is 6.07 Å². The first-order valence-corrected chi connectivity index (χ1v) is 6.65. The number of carbonyl (C=O) groups is 1. The van der Waals surface area contributed by atoms with Gasteiger partial charge in [0.1, 0.15) is 0 Å². The van der Waals surface area contributed by atoms with Gasteiger partial charge in [0.25, 0.3) is 0 Å². The van der Waals surface area contributed by atoms with Gasteiger partial charge in [0, 0.05) is 35.4 Å². The minimum Gasteiger partial charge on any atom is -0.367 e. The van der Waals surface area contributed by atoms with Crippen LogP contribution in [0, 0.1) is 0 Å². The minimum atomic E-state index is 0.486. The molecule has 2 rings (SSSR count). The Labute approximate surface area is 113 Å². The van der Waals surface area contributed by atoms with Crippen molar-refractivity contribution in [1.82, 2.24) is 4.90 Å². The molecular weight excluding hydrogens is 248 g/mol. The number of benzene rings is 1. The summed E-state index contributed by atoms with van der Waals surface area (Å²) in [5.41, 5.74) is 1.70. The first kappa shape index (κ1) is 13.4. The second-order valence-electron chi connectivity index (χ2n) is 5.07. The number of hydrogen-bond donors (Lipinski definition) is 0. The lowest BCUT2D eigenvalue weighted by Crippen LogP contribution is -2.38. The lowest BCUT2D eigenvalue weighted by atomic mass is 10.1. The second kappa shape index (κ2) is 5.72. The zero-order valence-electron chi connectivity index (χ0n) is 10.9.